The summed E-state index contributed by atoms with van der Waals surface area (Å²) in [4.78, 5) is 26.2. The molecule has 3 aromatic rings. The summed E-state index contributed by atoms with van der Waals surface area (Å²) in [5.74, 6) is -0.148. The van der Waals surface area contributed by atoms with Gasteiger partial charge in [0.1, 0.15) is 5.69 Å². The monoisotopic (exact) mass is 401 g/mol. The van der Waals surface area contributed by atoms with Gasteiger partial charge in [0.15, 0.2) is 0 Å². The minimum Gasteiger partial charge on any atom is -0.382 e. The van der Waals surface area contributed by atoms with Gasteiger partial charge in [0.05, 0.1) is 17.3 Å². The summed E-state index contributed by atoms with van der Waals surface area (Å²) in [6, 6.07) is 5.43. The van der Waals surface area contributed by atoms with Gasteiger partial charge in [-0.1, -0.05) is 6.07 Å². The maximum atomic E-state index is 12.9. The molecule has 0 atom stereocenters. The standard InChI is InChI=1S/C20H18F3N5O/c21-20(22,23)13-1-2-15-16(3-6-25-17(15)11-13)27-14-4-9-28(10-5-14)19(29)18-12-24-7-8-26-18/h1-3,6-8,11-12,14H,4-5,9-10H2,(H,25,27). The van der Waals surface area contributed by atoms with Crippen molar-refractivity contribution in [2.45, 2.75) is 25.1 Å². The van der Waals surface area contributed by atoms with Crippen LogP contribution in [0.1, 0.15) is 28.9 Å². The first-order valence-electron chi connectivity index (χ1n) is 9.19. The molecular formula is C20H18F3N5O. The first-order valence-corrected chi connectivity index (χ1v) is 9.19. The molecule has 1 aliphatic rings. The Labute approximate surface area is 164 Å². The van der Waals surface area contributed by atoms with Crippen molar-refractivity contribution in [1.82, 2.24) is 19.9 Å². The second-order valence-corrected chi connectivity index (χ2v) is 6.89. The maximum absolute atomic E-state index is 12.9. The Balaban J connectivity index is 1.44. The summed E-state index contributed by atoms with van der Waals surface area (Å²) >= 11 is 0. The number of pyridine rings is 1. The predicted molar refractivity (Wildman–Crippen MR) is 101 cm³/mol. The van der Waals surface area contributed by atoms with Crippen molar-refractivity contribution in [3.05, 3.63) is 60.3 Å². The fraction of sp³-hybridized carbons (Fsp3) is 0.300. The van der Waals surface area contributed by atoms with Crippen LogP contribution in [0.15, 0.2) is 49.1 Å². The Kier molecular flexibility index (Phi) is 5.04. The van der Waals surface area contributed by atoms with Crippen LogP contribution in [-0.4, -0.2) is 44.9 Å². The molecule has 3 heterocycles. The number of piperidine rings is 1. The molecular weight excluding hydrogens is 383 g/mol. The number of nitrogens with one attached hydrogen (secondary N) is 1. The van der Waals surface area contributed by atoms with Crippen molar-refractivity contribution >= 4 is 22.5 Å². The smallest absolute Gasteiger partial charge is 0.382 e. The highest BCUT2D eigenvalue weighted by Gasteiger charge is 2.31. The zero-order valence-electron chi connectivity index (χ0n) is 15.4. The number of aromatic nitrogens is 3. The normalized spacial score (nSPS) is 15.5. The number of halogens is 3. The molecule has 0 spiro atoms. The van der Waals surface area contributed by atoms with Crippen LogP contribution in [0.3, 0.4) is 0 Å². The van der Waals surface area contributed by atoms with E-state index in [9.17, 15) is 18.0 Å². The molecule has 9 heteroatoms. The number of likely N-dealkylation sites (tertiary alicyclic amines) is 1. The molecule has 4 rings (SSSR count). The third kappa shape index (κ3) is 4.13. The zero-order valence-corrected chi connectivity index (χ0v) is 15.4. The van der Waals surface area contributed by atoms with Gasteiger partial charge in [-0.25, -0.2) is 4.98 Å². The molecule has 150 valence electrons. The van der Waals surface area contributed by atoms with E-state index in [2.05, 4.69) is 20.3 Å². The Hall–Kier alpha value is -3.23. The minimum absolute atomic E-state index is 0.105. The number of rotatable bonds is 3. The molecule has 1 N–H and O–H groups in total. The summed E-state index contributed by atoms with van der Waals surface area (Å²) in [5.41, 5.74) is 0.632. The van der Waals surface area contributed by atoms with E-state index in [-0.39, 0.29) is 11.9 Å². The van der Waals surface area contributed by atoms with Gasteiger partial charge in [-0.15, -0.1) is 0 Å². The molecule has 1 fully saturated rings. The van der Waals surface area contributed by atoms with Crippen molar-refractivity contribution in [3.8, 4) is 0 Å². The van der Waals surface area contributed by atoms with E-state index in [1.807, 2.05) is 0 Å². The van der Waals surface area contributed by atoms with Gasteiger partial charge in [0.25, 0.3) is 5.91 Å². The number of hydrogen-bond acceptors (Lipinski definition) is 5. The topological polar surface area (TPSA) is 71.0 Å². The van der Waals surface area contributed by atoms with Gasteiger partial charge >= 0.3 is 6.18 Å². The summed E-state index contributed by atoms with van der Waals surface area (Å²) in [7, 11) is 0. The number of benzene rings is 1. The number of anilines is 1. The van der Waals surface area contributed by atoms with E-state index in [4.69, 9.17) is 0 Å². The molecule has 0 unspecified atom stereocenters. The third-order valence-corrected chi connectivity index (χ3v) is 4.99. The molecule has 29 heavy (non-hydrogen) atoms. The van der Waals surface area contributed by atoms with Crippen LogP contribution in [0.4, 0.5) is 18.9 Å². The van der Waals surface area contributed by atoms with E-state index in [1.54, 1.807) is 11.0 Å². The first-order chi connectivity index (χ1) is 13.9. The van der Waals surface area contributed by atoms with Crippen molar-refractivity contribution in [3.63, 3.8) is 0 Å². The van der Waals surface area contributed by atoms with Crippen molar-refractivity contribution in [2.24, 2.45) is 0 Å². The van der Waals surface area contributed by atoms with E-state index < -0.39 is 11.7 Å². The molecule has 1 amide bonds. The molecule has 0 saturated carbocycles. The van der Waals surface area contributed by atoms with E-state index in [0.717, 1.165) is 30.7 Å². The Morgan fingerprint density at radius 2 is 1.86 bits per heavy atom. The van der Waals surface area contributed by atoms with Gasteiger partial charge in [0.2, 0.25) is 0 Å². The van der Waals surface area contributed by atoms with Crippen LogP contribution >= 0.6 is 0 Å². The van der Waals surface area contributed by atoms with E-state index in [0.29, 0.717) is 29.7 Å². The van der Waals surface area contributed by atoms with E-state index >= 15 is 0 Å². The average Bonchev–Trinajstić information content (AvgIpc) is 2.73. The summed E-state index contributed by atoms with van der Waals surface area (Å²) < 4.78 is 38.8. The summed E-state index contributed by atoms with van der Waals surface area (Å²) in [6.07, 6.45) is 2.99. The average molecular weight is 401 g/mol. The fourth-order valence-corrected chi connectivity index (χ4v) is 3.47. The number of fused-ring (bicyclic) bond motifs is 1. The molecule has 2 aromatic heterocycles. The highest BCUT2D eigenvalue weighted by molar-refractivity contribution is 5.92. The number of amides is 1. The van der Waals surface area contributed by atoms with Gasteiger partial charge < -0.3 is 10.2 Å². The number of carbonyl (C=O) groups excluding carboxylic acids is 1. The number of carbonyl (C=O) groups is 1. The molecule has 1 aliphatic heterocycles. The highest BCUT2D eigenvalue weighted by atomic mass is 19.4. The molecule has 1 saturated heterocycles. The van der Waals surface area contributed by atoms with Gasteiger partial charge in [0, 0.05) is 48.8 Å². The molecule has 6 nitrogen and oxygen atoms in total. The Morgan fingerprint density at radius 3 is 2.55 bits per heavy atom. The zero-order chi connectivity index (χ0) is 20.4. The lowest BCUT2D eigenvalue weighted by Gasteiger charge is -2.32. The SMILES string of the molecule is O=C(c1cnccn1)N1CCC(Nc2ccnc3cc(C(F)(F)F)ccc23)CC1. The minimum atomic E-state index is -4.40. The second-order valence-electron chi connectivity index (χ2n) is 6.89. The quantitative estimate of drug-likeness (QED) is 0.724. The van der Waals surface area contributed by atoms with Gasteiger partial charge in [-0.3, -0.25) is 14.8 Å². The second kappa shape index (κ2) is 7.65. The molecule has 0 radical (unpaired) electrons. The molecule has 0 bridgehead atoms. The fourth-order valence-electron chi connectivity index (χ4n) is 3.47. The van der Waals surface area contributed by atoms with Crippen LogP contribution in [0.25, 0.3) is 10.9 Å². The Morgan fingerprint density at radius 1 is 1.07 bits per heavy atom. The molecule has 0 aliphatic carbocycles. The maximum Gasteiger partial charge on any atom is 0.416 e. The lowest BCUT2D eigenvalue weighted by atomic mass is 10.0. The van der Waals surface area contributed by atoms with Crippen molar-refractivity contribution in [2.75, 3.05) is 18.4 Å². The van der Waals surface area contributed by atoms with Crippen LogP contribution in [0, 0.1) is 0 Å². The predicted octanol–water partition coefficient (Wildman–Crippen LogP) is 3.76. The van der Waals surface area contributed by atoms with E-state index in [1.165, 1.54) is 30.9 Å². The number of hydrogen-bond donors (Lipinski definition) is 1. The lowest BCUT2D eigenvalue weighted by molar-refractivity contribution is -0.137. The number of alkyl halides is 3. The number of nitrogens with zero attached hydrogens (tertiary/aromatic N) is 4. The van der Waals surface area contributed by atoms with Crippen LogP contribution in [-0.2, 0) is 6.18 Å². The molecule has 1 aromatic carbocycles. The van der Waals surface area contributed by atoms with Crippen LogP contribution in [0.5, 0.6) is 0 Å². The Bertz CT molecular complexity index is 1020. The van der Waals surface area contributed by atoms with Gasteiger partial charge in [-0.2, -0.15) is 13.2 Å². The largest absolute Gasteiger partial charge is 0.416 e. The van der Waals surface area contributed by atoms with Crippen molar-refractivity contribution < 1.29 is 18.0 Å². The van der Waals surface area contributed by atoms with Gasteiger partial charge in [-0.05, 0) is 31.0 Å². The first kappa shape index (κ1) is 19.1. The third-order valence-electron chi connectivity index (χ3n) is 4.99. The van der Waals surface area contributed by atoms with Crippen LogP contribution < -0.4 is 5.32 Å². The van der Waals surface area contributed by atoms with Crippen molar-refractivity contribution in [1.29, 1.82) is 0 Å². The highest BCUT2D eigenvalue weighted by Crippen LogP contribution is 2.33. The lowest BCUT2D eigenvalue weighted by Crippen LogP contribution is -2.42. The summed E-state index contributed by atoms with van der Waals surface area (Å²) in [6.45, 7) is 1.13. The summed E-state index contributed by atoms with van der Waals surface area (Å²) in [5, 5.41) is 4.03. The van der Waals surface area contributed by atoms with Crippen LogP contribution in [0.2, 0.25) is 0 Å².